The van der Waals surface area contributed by atoms with Crippen LogP contribution in [0.1, 0.15) is 28.3 Å². The lowest BCUT2D eigenvalue weighted by molar-refractivity contribution is -0.126. The summed E-state index contributed by atoms with van der Waals surface area (Å²) in [5.74, 6) is 1.41. The highest BCUT2D eigenvalue weighted by Gasteiger charge is 2.28. The molecule has 158 valence electrons. The molecule has 0 saturated carbocycles. The van der Waals surface area contributed by atoms with Crippen molar-refractivity contribution in [2.45, 2.75) is 19.4 Å². The molecule has 2 amide bonds. The lowest BCUT2D eigenvalue weighted by Crippen LogP contribution is -2.42. The van der Waals surface area contributed by atoms with E-state index in [-0.39, 0.29) is 17.7 Å². The zero-order chi connectivity index (χ0) is 21.2. The first-order valence-corrected chi connectivity index (χ1v) is 11.9. The fourth-order valence-corrected chi connectivity index (χ4v) is 5.40. The number of benzene rings is 1. The van der Waals surface area contributed by atoms with Crippen LogP contribution in [-0.4, -0.2) is 34.8 Å². The molecule has 1 fully saturated rings. The molecule has 4 aromatic rings. The van der Waals surface area contributed by atoms with Crippen LogP contribution in [0.5, 0.6) is 0 Å². The van der Waals surface area contributed by atoms with Crippen molar-refractivity contribution in [2.24, 2.45) is 5.92 Å². The maximum absolute atomic E-state index is 12.6. The number of carbonyl (C=O) groups excluding carboxylic acids is 2. The van der Waals surface area contributed by atoms with Crippen molar-refractivity contribution >= 4 is 44.7 Å². The molecule has 6 nitrogen and oxygen atoms in total. The van der Waals surface area contributed by atoms with Gasteiger partial charge in [-0.1, -0.05) is 18.2 Å². The van der Waals surface area contributed by atoms with Gasteiger partial charge in [0.2, 0.25) is 5.91 Å². The summed E-state index contributed by atoms with van der Waals surface area (Å²) in [6, 6.07) is 15.5. The summed E-state index contributed by atoms with van der Waals surface area (Å²) in [6.07, 6.45) is 1.36. The first kappa shape index (κ1) is 20.0. The molecule has 5 rings (SSSR count). The molecular formula is C23H21N3O3S2. The maximum Gasteiger partial charge on any atom is 0.263 e. The number of rotatable bonds is 5. The highest BCUT2D eigenvalue weighted by molar-refractivity contribution is 7.21. The molecule has 1 aliphatic heterocycles. The second kappa shape index (κ2) is 8.64. The Balaban J connectivity index is 1.14. The van der Waals surface area contributed by atoms with E-state index >= 15 is 0 Å². The standard InChI is InChI=1S/C23H21N3O3S2/c27-21(15-9-11-26(12-10-15)23(28)20-6-3-13-30-20)24-14-16-7-8-18(29-16)22-25-17-4-1-2-5-19(17)31-22/h1-8,13,15H,9-12,14H2,(H,24,27). The van der Waals surface area contributed by atoms with Gasteiger partial charge in [0.25, 0.3) is 5.91 Å². The summed E-state index contributed by atoms with van der Waals surface area (Å²) in [7, 11) is 0. The van der Waals surface area contributed by atoms with Crippen LogP contribution >= 0.6 is 22.7 Å². The molecule has 4 heterocycles. The fourth-order valence-electron chi connectivity index (χ4n) is 3.78. The van der Waals surface area contributed by atoms with E-state index in [4.69, 9.17) is 4.42 Å². The Labute approximate surface area is 187 Å². The number of thiophene rings is 1. The zero-order valence-electron chi connectivity index (χ0n) is 16.7. The average Bonchev–Trinajstić information content (AvgIpc) is 3.57. The number of para-hydroxylation sites is 1. The van der Waals surface area contributed by atoms with E-state index in [1.807, 2.05) is 58.8 Å². The number of amides is 2. The first-order chi connectivity index (χ1) is 15.2. The van der Waals surface area contributed by atoms with Crippen LogP contribution in [-0.2, 0) is 11.3 Å². The molecule has 0 bridgehead atoms. The highest BCUT2D eigenvalue weighted by Crippen LogP contribution is 2.31. The number of fused-ring (bicyclic) bond motifs is 1. The molecule has 0 aliphatic carbocycles. The molecule has 1 saturated heterocycles. The lowest BCUT2D eigenvalue weighted by Gasteiger charge is -2.31. The molecule has 1 aliphatic rings. The number of nitrogens with one attached hydrogen (secondary N) is 1. The van der Waals surface area contributed by atoms with E-state index < -0.39 is 0 Å². The van der Waals surface area contributed by atoms with Crippen LogP contribution in [0.4, 0.5) is 0 Å². The predicted molar refractivity (Wildman–Crippen MR) is 122 cm³/mol. The summed E-state index contributed by atoms with van der Waals surface area (Å²) >= 11 is 3.04. The summed E-state index contributed by atoms with van der Waals surface area (Å²) < 4.78 is 7.03. The van der Waals surface area contributed by atoms with Crippen molar-refractivity contribution < 1.29 is 14.0 Å². The van der Waals surface area contributed by atoms with Crippen LogP contribution in [0.3, 0.4) is 0 Å². The Morgan fingerprint density at radius 2 is 1.94 bits per heavy atom. The Hall–Kier alpha value is -2.97. The molecule has 0 unspecified atom stereocenters. The van der Waals surface area contributed by atoms with Crippen molar-refractivity contribution in [3.05, 3.63) is 64.5 Å². The number of carbonyl (C=O) groups is 2. The second-order valence-corrected chi connectivity index (χ2v) is 9.49. The number of furan rings is 1. The van der Waals surface area contributed by atoms with Gasteiger partial charge in [0.15, 0.2) is 10.8 Å². The summed E-state index contributed by atoms with van der Waals surface area (Å²) in [5, 5.41) is 5.72. The predicted octanol–water partition coefficient (Wildman–Crippen LogP) is 4.79. The Morgan fingerprint density at radius 1 is 1.10 bits per heavy atom. The monoisotopic (exact) mass is 451 g/mol. The molecule has 31 heavy (non-hydrogen) atoms. The highest BCUT2D eigenvalue weighted by atomic mass is 32.1. The zero-order valence-corrected chi connectivity index (χ0v) is 18.4. The molecular weight excluding hydrogens is 430 g/mol. The first-order valence-electron chi connectivity index (χ1n) is 10.2. The molecule has 0 spiro atoms. The third-order valence-corrected chi connectivity index (χ3v) is 7.40. The van der Waals surface area contributed by atoms with Crippen molar-refractivity contribution in [1.29, 1.82) is 0 Å². The van der Waals surface area contributed by atoms with Gasteiger partial charge in [0.1, 0.15) is 5.76 Å². The van der Waals surface area contributed by atoms with E-state index in [2.05, 4.69) is 10.3 Å². The van der Waals surface area contributed by atoms with Crippen molar-refractivity contribution in [3.8, 4) is 10.8 Å². The molecule has 1 N–H and O–H groups in total. The third kappa shape index (κ3) is 4.26. The largest absolute Gasteiger partial charge is 0.457 e. The van der Waals surface area contributed by atoms with Crippen molar-refractivity contribution in [2.75, 3.05) is 13.1 Å². The van der Waals surface area contributed by atoms with Crippen LogP contribution in [0.25, 0.3) is 21.0 Å². The number of hydrogen-bond acceptors (Lipinski definition) is 6. The number of likely N-dealkylation sites (tertiary alicyclic amines) is 1. The van der Waals surface area contributed by atoms with Crippen LogP contribution in [0, 0.1) is 5.92 Å². The minimum Gasteiger partial charge on any atom is -0.457 e. The van der Waals surface area contributed by atoms with Crippen LogP contribution in [0.15, 0.2) is 58.3 Å². The topological polar surface area (TPSA) is 75.4 Å². The van der Waals surface area contributed by atoms with Gasteiger partial charge in [-0.25, -0.2) is 4.98 Å². The Kier molecular flexibility index (Phi) is 5.57. The van der Waals surface area contributed by atoms with Gasteiger partial charge >= 0.3 is 0 Å². The van der Waals surface area contributed by atoms with Gasteiger partial charge in [0, 0.05) is 19.0 Å². The minimum absolute atomic E-state index is 0.0150. The average molecular weight is 452 g/mol. The number of nitrogens with zero attached hydrogens (tertiary/aromatic N) is 2. The van der Waals surface area contributed by atoms with Gasteiger partial charge in [0.05, 0.1) is 21.6 Å². The number of aromatic nitrogens is 1. The minimum atomic E-state index is -0.0777. The molecule has 1 aromatic carbocycles. The molecule has 3 aromatic heterocycles. The summed E-state index contributed by atoms with van der Waals surface area (Å²) in [5.41, 5.74) is 0.956. The molecule has 8 heteroatoms. The number of piperidine rings is 1. The van der Waals surface area contributed by atoms with Gasteiger partial charge in [-0.2, -0.15) is 0 Å². The second-order valence-electron chi connectivity index (χ2n) is 7.51. The van der Waals surface area contributed by atoms with E-state index in [0.717, 1.165) is 20.1 Å². The maximum atomic E-state index is 12.6. The quantitative estimate of drug-likeness (QED) is 0.474. The molecule has 0 radical (unpaired) electrons. The van der Waals surface area contributed by atoms with Gasteiger partial charge in [-0.3, -0.25) is 9.59 Å². The Bertz CT molecular complexity index is 1170. The molecule has 0 atom stereocenters. The summed E-state index contributed by atoms with van der Waals surface area (Å²) in [4.78, 5) is 32.3. The Morgan fingerprint density at radius 3 is 2.71 bits per heavy atom. The number of thiazole rings is 1. The normalized spacial score (nSPS) is 14.8. The lowest BCUT2D eigenvalue weighted by atomic mass is 9.96. The fraction of sp³-hybridized carbons (Fsp3) is 0.261. The van der Waals surface area contributed by atoms with Crippen LogP contribution < -0.4 is 5.32 Å². The van der Waals surface area contributed by atoms with Gasteiger partial charge < -0.3 is 14.6 Å². The van der Waals surface area contributed by atoms with Gasteiger partial charge in [-0.15, -0.1) is 22.7 Å². The summed E-state index contributed by atoms with van der Waals surface area (Å²) in [6.45, 7) is 1.56. The van der Waals surface area contributed by atoms with Crippen LogP contribution in [0.2, 0.25) is 0 Å². The smallest absolute Gasteiger partial charge is 0.263 e. The SMILES string of the molecule is O=C(NCc1ccc(-c2nc3ccccc3s2)o1)C1CCN(C(=O)c2cccs2)CC1. The van der Waals surface area contributed by atoms with Gasteiger partial charge in [-0.05, 0) is 48.6 Å². The third-order valence-electron chi connectivity index (χ3n) is 5.49. The van der Waals surface area contributed by atoms with E-state index in [1.165, 1.54) is 11.3 Å². The van der Waals surface area contributed by atoms with E-state index in [1.54, 1.807) is 11.3 Å². The van der Waals surface area contributed by atoms with Crippen molar-refractivity contribution in [1.82, 2.24) is 15.2 Å². The van der Waals surface area contributed by atoms with E-state index in [0.29, 0.717) is 44.0 Å². The van der Waals surface area contributed by atoms with Crippen molar-refractivity contribution in [3.63, 3.8) is 0 Å². The number of hydrogen-bond donors (Lipinski definition) is 1. The van der Waals surface area contributed by atoms with E-state index in [9.17, 15) is 9.59 Å².